The number of H-pyrrole nitrogens is 1. The van der Waals surface area contributed by atoms with Crippen LogP contribution in [0.5, 0.6) is 5.75 Å². The Balaban J connectivity index is 1.63. The molecule has 2 amide bonds. The number of carbonyl (C=O) groups is 1. The molecule has 8 heteroatoms. The third-order valence-electron chi connectivity index (χ3n) is 4.94. The van der Waals surface area contributed by atoms with Crippen LogP contribution in [0.2, 0.25) is 0 Å². The first-order chi connectivity index (χ1) is 15.5. The van der Waals surface area contributed by atoms with E-state index in [2.05, 4.69) is 15.3 Å². The van der Waals surface area contributed by atoms with Gasteiger partial charge in [0.05, 0.1) is 30.2 Å². The second-order valence-corrected chi connectivity index (χ2v) is 7.14. The number of carbonyl (C=O) groups excluding carboxylic acids is 1. The summed E-state index contributed by atoms with van der Waals surface area (Å²) in [5.41, 5.74) is 1.14. The van der Waals surface area contributed by atoms with Crippen LogP contribution in [0.4, 0.5) is 14.9 Å². The van der Waals surface area contributed by atoms with Gasteiger partial charge in [0.25, 0.3) is 5.56 Å². The van der Waals surface area contributed by atoms with Crippen molar-refractivity contribution in [2.45, 2.75) is 13.1 Å². The number of methoxy groups -OCH3 is 1. The van der Waals surface area contributed by atoms with Gasteiger partial charge in [-0.2, -0.15) is 0 Å². The lowest BCUT2D eigenvalue weighted by Gasteiger charge is -2.23. The first kappa shape index (κ1) is 21.0. The molecular formula is C24H21FN4O3. The Labute approximate surface area is 183 Å². The Morgan fingerprint density at radius 1 is 1.03 bits per heavy atom. The summed E-state index contributed by atoms with van der Waals surface area (Å²) in [5, 5.41) is 3.06. The number of nitrogens with zero attached hydrogens (tertiary/aromatic N) is 2. The number of ether oxygens (including phenoxy) is 1. The van der Waals surface area contributed by atoms with Crippen molar-refractivity contribution in [1.82, 2.24) is 14.9 Å². The van der Waals surface area contributed by atoms with Crippen molar-refractivity contribution >= 4 is 22.6 Å². The van der Waals surface area contributed by atoms with Gasteiger partial charge in [0, 0.05) is 6.54 Å². The Morgan fingerprint density at radius 3 is 2.50 bits per heavy atom. The molecule has 0 fully saturated rings. The average Bonchev–Trinajstić information content (AvgIpc) is 2.80. The summed E-state index contributed by atoms with van der Waals surface area (Å²) in [7, 11) is 1.57. The number of para-hydroxylation sites is 2. The number of halogens is 1. The number of benzene rings is 3. The van der Waals surface area contributed by atoms with Gasteiger partial charge in [0.15, 0.2) is 0 Å². The molecule has 32 heavy (non-hydrogen) atoms. The van der Waals surface area contributed by atoms with E-state index in [1.165, 1.54) is 17.0 Å². The molecule has 0 spiro atoms. The monoisotopic (exact) mass is 432 g/mol. The van der Waals surface area contributed by atoms with Crippen molar-refractivity contribution in [3.05, 3.63) is 100 Å². The molecule has 3 aromatic carbocycles. The minimum Gasteiger partial charge on any atom is -0.497 e. The zero-order valence-corrected chi connectivity index (χ0v) is 17.3. The number of aromatic amines is 1. The highest BCUT2D eigenvalue weighted by molar-refractivity contribution is 5.89. The second-order valence-electron chi connectivity index (χ2n) is 7.14. The summed E-state index contributed by atoms with van der Waals surface area (Å²) in [6.07, 6.45) is 0. The number of anilines is 1. The molecular weight excluding hydrogens is 411 g/mol. The highest BCUT2D eigenvalue weighted by atomic mass is 19.1. The lowest BCUT2D eigenvalue weighted by atomic mass is 10.2. The number of nitrogens with one attached hydrogen (secondary N) is 2. The molecule has 7 nitrogen and oxygen atoms in total. The smallest absolute Gasteiger partial charge is 0.322 e. The van der Waals surface area contributed by atoms with Crippen molar-refractivity contribution in [2.75, 3.05) is 12.4 Å². The van der Waals surface area contributed by atoms with Gasteiger partial charge < -0.3 is 19.9 Å². The van der Waals surface area contributed by atoms with Gasteiger partial charge in [-0.05, 0) is 42.0 Å². The molecule has 0 saturated heterocycles. The molecule has 162 valence electrons. The van der Waals surface area contributed by atoms with Crippen LogP contribution in [0, 0.1) is 5.82 Å². The van der Waals surface area contributed by atoms with Gasteiger partial charge in [-0.3, -0.25) is 4.79 Å². The first-order valence-corrected chi connectivity index (χ1v) is 9.95. The van der Waals surface area contributed by atoms with Crippen LogP contribution in [0.1, 0.15) is 11.4 Å². The molecule has 1 aromatic heterocycles. The van der Waals surface area contributed by atoms with Crippen LogP contribution in [-0.4, -0.2) is 28.0 Å². The first-order valence-electron chi connectivity index (χ1n) is 9.95. The molecule has 0 aliphatic rings. The summed E-state index contributed by atoms with van der Waals surface area (Å²) in [6.45, 7) is 0.229. The molecule has 0 unspecified atom stereocenters. The SMILES string of the molecule is COc1ccc(CN(Cc2nc3ccccc3c(=O)[nH]2)C(=O)Nc2ccccc2F)cc1. The van der Waals surface area contributed by atoms with Gasteiger partial charge in [0.1, 0.15) is 17.4 Å². The fourth-order valence-corrected chi connectivity index (χ4v) is 3.30. The summed E-state index contributed by atoms with van der Waals surface area (Å²) < 4.78 is 19.3. The number of rotatable bonds is 6. The van der Waals surface area contributed by atoms with Crippen molar-refractivity contribution in [3.63, 3.8) is 0 Å². The van der Waals surface area contributed by atoms with E-state index in [9.17, 15) is 14.0 Å². The largest absolute Gasteiger partial charge is 0.497 e. The van der Waals surface area contributed by atoms with E-state index in [1.54, 1.807) is 55.6 Å². The van der Waals surface area contributed by atoms with E-state index in [-0.39, 0.29) is 24.3 Å². The van der Waals surface area contributed by atoms with Gasteiger partial charge in [-0.1, -0.05) is 36.4 Å². The summed E-state index contributed by atoms with van der Waals surface area (Å²) in [6, 6.07) is 19.6. The van der Waals surface area contributed by atoms with Crippen molar-refractivity contribution in [2.24, 2.45) is 0 Å². The maximum atomic E-state index is 14.1. The minimum atomic E-state index is -0.539. The summed E-state index contributed by atoms with van der Waals surface area (Å²) in [5.74, 6) is 0.477. The maximum absolute atomic E-state index is 14.1. The molecule has 0 aliphatic carbocycles. The van der Waals surface area contributed by atoms with Crippen molar-refractivity contribution in [1.29, 1.82) is 0 Å². The zero-order chi connectivity index (χ0) is 22.5. The number of hydrogen-bond acceptors (Lipinski definition) is 4. The van der Waals surface area contributed by atoms with Crippen LogP contribution < -0.4 is 15.6 Å². The lowest BCUT2D eigenvalue weighted by molar-refractivity contribution is 0.204. The average molecular weight is 432 g/mol. The Morgan fingerprint density at radius 2 is 1.75 bits per heavy atom. The second kappa shape index (κ2) is 9.30. The number of aromatic nitrogens is 2. The Kier molecular flexibility index (Phi) is 6.12. The topological polar surface area (TPSA) is 87.3 Å². The number of fused-ring (bicyclic) bond motifs is 1. The van der Waals surface area contributed by atoms with Crippen LogP contribution in [-0.2, 0) is 13.1 Å². The Hall–Kier alpha value is -4.20. The molecule has 4 rings (SSSR count). The molecule has 0 bridgehead atoms. The fraction of sp³-hybridized carbons (Fsp3) is 0.125. The van der Waals surface area contributed by atoms with Gasteiger partial charge in [-0.15, -0.1) is 0 Å². The van der Waals surface area contributed by atoms with E-state index < -0.39 is 11.8 Å². The van der Waals surface area contributed by atoms with Crippen LogP contribution in [0.25, 0.3) is 10.9 Å². The third kappa shape index (κ3) is 4.75. The minimum absolute atomic E-state index is 0.0202. The lowest BCUT2D eigenvalue weighted by Crippen LogP contribution is -2.35. The van der Waals surface area contributed by atoms with Crippen LogP contribution >= 0.6 is 0 Å². The highest BCUT2D eigenvalue weighted by Gasteiger charge is 2.18. The van der Waals surface area contributed by atoms with E-state index >= 15 is 0 Å². The fourth-order valence-electron chi connectivity index (χ4n) is 3.30. The predicted octanol–water partition coefficient (Wildman–Crippen LogP) is 4.31. The summed E-state index contributed by atoms with van der Waals surface area (Å²) >= 11 is 0. The zero-order valence-electron chi connectivity index (χ0n) is 17.3. The van der Waals surface area contributed by atoms with E-state index in [0.29, 0.717) is 22.5 Å². The molecule has 0 saturated carbocycles. The van der Waals surface area contributed by atoms with E-state index in [1.807, 2.05) is 12.1 Å². The Bertz CT molecular complexity index is 1300. The molecule has 1 heterocycles. The molecule has 4 aromatic rings. The van der Waals surface area contributed by atoms with Gasteiger partial charge >= 0.3 is 6.03 Å². The van der Waals surface area contributed by atoms with Gasteiger partial charge in [-0.25, -0.2) is 14.2 Å². The standard InChI is InChI=1S/C24H21FN4O3/c1-32-17-12-10-16(11-13-17)14-29(24(31)27-21-9-5-3-7-19(21)25)15-22-26-20-8-4-2-6-18(20)23(30)28-22/h2-13H,14-15H2,1H3,(H,27,31)(H,26,28,30). The molecule has 2 N–H and O–H groups in total. The normalized spacial score (nSPS) is 10.7. The number of hydrogen-bond donors (Lipinski definition) is 2. The maximum Gasteiger partial charge on any atom is 0.322 e. The van der Waals surface area contributed by atoms with Crippen molar-refractivity contribution < 1.29 is 13.9 Å². The number of urea groups is 1. The number of amides is 2. The third-order valence-corrected chi connectivity index (χ3v) is 4.94. The highest BCUT2D eigenvalue weighted by Crippen LogP contribution is 2.17. The summed E-state index contributed by atoms with van der Waals surface area (Å²) in [4.78, 5) is 34.1. The van der Waals surface area contributed by atoms with E-state index in [0.717, 1.165) is 5.56 Å². The predicted molar refractivity (Wildman–Crippen MR) is 120 cm³/mol. The van der Waals surface area contributed by atoms with Crippen LogP contribution in [0.3, 0.4) is 0 Å². The molecule has 0 atom stereocenters. The molecule has 0 aliphatic heterocycles. The van der Waals surface area contributed by atoms with Gasteiger partial charge in [0.2, 0.25) is 0 Å². The van der Waals surface area contributed by atoms with E-state index in [4.69, 9.17) is 4.74 Å². The van der Waals surface area contributed by atoms with Crippen LogP contribution in [0.15, 0.2) is 77.6 Å². The van der Waals surface area contributed by atoms with Crippen molar-refractivity contribution in [3.8, 4) is 5.75 Å². The quantitative estimate of drug-likeness (QED) is 0.475. The molecule has 0 radical (unpaired) electrons.